The Hall–Kier alpha value is -1.85. The van der Waals surface area contributed by atoms with Crippen LogP contribution in [0.1, 0.15) is 6.42 Å². The summed E-state index contributed by atoms with van der Waals surface area (Å²) in [6.45, 7) is 3.54. The largest absolute Gasteiger partial charge is 0.469 e. The number of hydrogen-bond acceptors (Lipinski definition) is 6. The van der Waals surface area contributed by atoms with Gasteiger partial charge < -0.3 is 14.2 Å². The minimum absolute atomic E-state index is 0.105. The lowest BCUT2D eigenvalue weighted by atomic mass is 9.89. The molecule has 0 saturated carbocycles. The first-order valence-electron chi connectivity index (χ1n) is 5.02. The first kappa shape index (κ1) is 13.2. The molecule has 0 aromatic rings. The highest BCUT2D eigenvalue weighted by molar-refractivity contribution is 5.97. The summed E-state index contributed by atoms with van der Waals surface area (Å²) in [7, 11) is 2.42. The number of esters is 3. The Labute approximate surface area is 98.5 Å². The highest BCUT2D eigenvalue weighted by Crippen LogP contribution is 2.32. The fourth-order valence-electron chi connectivity index (χ4n) is 1.77. The van der Waals surface area contributed by atoms with E-state index < -0.39 is 35.8 Å². The van der Waals surface area contributed by atoms with Gasteiger partial charge in [-0.15, -0.1) is 6.58 Å². The van der Waals surface area contributed by atoms with Gasteiger partial charge in [0.2, 0.25) is 0 Å². The number of carbonyl (C=O) groups is 3. The highest BCUT2D eigenvalue weighted by Gasteiger charge is 2.48. The van der Waals surface area contributed by atoms with Crippen LogP contribution in [0.2, 0.25) is 0 Å². The molecule has 0 spiro atoms. The molecule has 0 unspecified atom stereocenters. The average Bonchev–Trinajstić information content (AvgIpc) is 2.63. The quantitative estimate of drug-likeness (QED) is 0.300. The molecule has 1 aliphatic rings. The summed E-state index contributed by atoms with van der Waals surface area (Å²) in [5.74, 6) is -3.52. The molecule has 0 aromatic carbocycles. The van der Waals surface area contributed by atoms with Crippen LogP contribution in [0.4, 0.5) is 0 Å². The molecule has 1 rings (SSSR count). The third kappa shape index (κ3) is 2.64. The lowest BCUT2D eigenvalue weighted by Crippen LogP contribution is -2.28. The van der Waals surface area contributed by atoms with Crippen LogP contribution in [-0.4, -0.2) is 38.2 Å². The van der Waals surface area contributed by atoms with Crippen LogP contribution in [0.3, 0.4) is 0 Å². The Morgan fingerprint density at radius 2 is 2.06 bits per heavy atom. The third-order valence-electron chi connectivity index (χ3n) is 2.66. The van der Waals surface area contributed by atoms with Crippen molar-refractivity contribution in [1.29, 1.82) is 0 Å². The Morgan fingerprint density at radius 1 is 1.41 bits per heavy atom. The number of cyclic esters (lactones) is 1. The molecule has 1 saturated heterocycles. The van der Waals surface area contributed by atoms with Crippen molar-refractivity contribution in [3.05, 3.63) is 12.7 Å². The van der Waals surface area contributed by atoms with Crippen LogP contribution >= 0.6 is 0 Å². The second kappa shape index (κ2) is 5.47. The smallest absolute Gasteiger partial charge is 0.321 e. The fourth-order valence-corrected chi connectivity index (χ4v) is 1.77. The van der Waals surface area contributed by atoms with E-state index in [1.54, 1.807) is 0 Å². The molecule has 6 heteroatoms. The van der Waals surface area contributed by atoms with E-state index in [1.165, 1.54) is 20.3 Å². The van der Waals surface area contributed by atoms with Gasteiger partial charge >= 0.3 is 17.9 Å². The molecule has 1 fully saturated rings. The second-order valence-corrected chi connectivity index (χ2v) is 3.57. The molecule has 0 bridgehead atoms. The van der Waals surface area contributed by atoms with E-state index in [0.717, 1.165) is 0 Å². The third-order valence-corrected chi connectivity index (χ3v) is 2.66. The molecule has 3 atom stereocenters. The van der Waals surface area contributed by atoms with Crippen molar-refractivity contribution in [2.75, 3.05) is 14.2 Å². The van der Waals surface area contributed by atoms with Gasteiger partial charge in [-0.2, -0.15) is 0 Å². The van der Waals surface area contributed by atoms with Gasteiger partial charge in [-0.3, -0.25) is 14.4 Å². The summed E-state index contributed by atoms with van der Waals surface area (Å²) in [5, 5.41) is 0. The monoisotopic (exact) mass is 242 g/mol. The molecule has 1 heterocycles. The lowest BCUT2D eigenvalue weighted by molar-refractivity contribution is -0.155. The summed E-state index contributed by atoms with van der Waals surface area (Å²) >= 11 is 0. The van der Waals surface area contributed by atoms with E-state index in [2.05, 4.69) is 16.1 Å². The molecular weight excluding hydrogens is 228 g/mol. The zero-order valence-electron chi connectivity index (χ0n) is 9.67. The molecule has 1 aliphatic heterocycles. The molecule has 94 valence electrons. The van der Waals surface area contributed by atoms with Gasteiger partial charge in [-0.05, 0) is 0 Å². The van der Waals surface area contributed by atoms with Crippen molar-refractivity contribution in [2.45, 2.75) is 12.5 Å². The maximum atomic E-state index is 11.5. The van der Waals surface area contributed by atoms with Crippen molar-refractivity contribution >= 4 is 17.9 Å². The van der Waals surface area contributed by atoms with Crippen LogP contribution in [-0.2, 0) is 28.6 Å². The molecule has 17 heavy (non-hydrogen) atoms. The molecule has 0 N–H and O–H groups in total. The van der Waals surface area contributed by atoms with E-state index >= 15 is 0 Å². The van der Waals surface area contributed by atoms with Crippen molar-refractivity contribution in [1.82, 2.24) is 0 Å². The number of carbonyl (C=O) groups excluding carboxylic acids is 3. The Kier molecular flexibility index (Phi) is 4.25. The molecule has 0 aromatic heterocycles. The van der Waals surface area contributed by atoms with Crippen LogP contribution in [0.15, 0.2) is 12.7 Å². The molecule has 0 aliphatic carbocycles. The number of ether oxygens (including phenoxy) is 3. The molecular formula is C11H14O6. The number of hydrogen-bond donors (Lipinski definition) is 0. The zero-order valence-corrected chi connectivity index (χ0v) is 9.67. The molecule has 0 amide bonds. The molecule has 0 radical (unpaired) electrons. The van der Waals surface area contributed by atoms with Gasteiger partial charge in [0.05, 0.1) is 20.6 Å². The van der Waals surface area contributed by atoms with Crippen molar-refractivity contribution < 1.29 is 28.6 Å². The minimum atomic E-state index is -1.05. The Bertz CT molecular complexity index is 348. The summed E-state index contributed by atoms with van der Waals surface area (Å²) in [6.07, 6.45) is 0.587. The summed E-state index contributed by atoms with van der Waals surface area (Å²) < 4.78 is 14.0. The maximum Gasteiger partial charge on any atom is 0.321 e. The lowest BCUT2D eigenvalue weighted by Gasteiger charge is -2.14. The SMILES string of the molecule is C=C[C@H]1[C@H](C(=O)OC)C(=O)O[C@H]1CC(=O)OC. The van der Waals surface area contributed by atoms with E-state index in [-0.39, 0.29) is 6.42 Å². The van der Waals surface area contributed by atoms with Crippen LogP contribution in [0, 0.1) is 11.8 Å². The first-order valence-corrected chi connectivity index (χ1v) is 5.02. The summed E-state index contributed by atoms with van der Waals surface area (Å²) in [6, 6.07) is 0. The van der Waals surface area contributed by atoms with Crippen LogP contribution in [0.25, 0.3) is 0 Å². The Morgan fingerprint density at radius 3 is 2.53 bits per heavy atom. The normalized spacial score (nSPS) is 27.2. The van der Waals surface area contributed by atoms with Gasteiger partial charge in [0, 0.05) is 5.92 Å². The van der Waals surface area contributed by atoms with E-state index in [4.69, 9.17) is 4.74 Å². The first-order chi connectivity index (χ1) is 8.04. The van der Waals surface area contributed by atoms with Gasteiger partial charge in [0.15, 0.2) is 5.92 Å². The van der Waals surface area contributed by atoms with E-state index in [9.17, 15) is 14.4 Å². The predicted octanol–water partition coefficient (Wildman–Crippen LogP) is 0.0663. The number of methoxy groups -OCH3 is 2. The van der Waals surface area contributed by atoms with Gasteiger partial charge in [-0.25, -0.2) is 0 Å². The van der Waals surface area contributed by atoms with Crippen molar-refractivity contribution in [2.24, 2.45) is 11.8 Å². The Balaban J connectivity index is 2.83. The van der Waals surface area contributed by atoms with Crippen molar-refractivity contribution in [3.63, 3.8) is 0 Å². The second-order valence-electron chi connectivity index (χ2n) is 3.57. The van der Waals surface area contributed by atoms with Crippen LogP contribution < -0.4 is 0 Å². The van der Waals surface area contributed by atoms with Crippen LogP contribution in [0.5, 0.6) is 0 Å². The summed E-state index contributed by atoms with van der Waals surface area (Å²) in [5.41, 5.74) is 0. The van der Waals surface area contributed by atoms with E-state index in [0.29, 0.717) is 0 Å². The maximum absolute atomic E-state index is 11.5. The fraction of sp³-hybridized carbons (Fsp3) is 0.545. The zero-order chi connectivity index (χ0) is 13.0. The molecule has 6 nitrogen and oxygen atoms in total. The van der Waals surface area contributed by atoms with Gasteiger partial charge in [-0.1, -0.05) is 6.08 Å². The van der Waals surface area contributed by atoms with E-state index in [1.807, 2.05) is 0 Å². The number of rotatable bonds is 4. The minimum Gasteiger partial charge on any atom is -0.469 e. The highest BCUT2D eigenvalue weighted by atomic mass is 16.6. The van der Waals surface area contributed by atoms with Gasteiger partial charge in [0.1, 0.15) is 6.10 Å². The van der Waals surface area contributed by atoms with Gasteiger partial charge in [0.25, 0.3) is 0 Å². The predicted molar refractivity (Wildman–Crippen MR) is 55.7 cm³/mol. The van der Waals surface area contributed by atoms with Crippen molar-refractivity contribution in [3.8, 4) is 0 Å². The average molecular weight is 242 g/mol. The topological polar surface area (TPSA) is 78.9 Å². The standard InChI is InChI=1S/C11H14O6/c1-4-6-7(5-8(12)15-2)17-11(14)9(6)10(13)16-3/h4,6-7,9H,1,5H2,2-3H3/t6-,7+,9-/m1/s1. The summed E-state index contributed by atoms with van der Waals surface area (Å²) in [4.78, 5) is 34.0.